The second-order valence-electron chi connectivity index (χ2n) is 7.61. The van der Waals surface area contributed by atoms with E-state index < -0.39 is 23.8 Å². The number of urea groups is 1. The average molecular weight is 525 g/mol. The average Bonchev–Trinajstić information content (AvgIpc) is 2.87. The van der Waals surface area contributed by atoms with Crippen LogP contribution < -0.4 is 15.0 Å². The minimum absolute atomic E-state index is 0.155. The predicted octanol–water partition coefficient (Wildman–Crippen LogP) is 5.03. The number of amides is 4. The van der Waals surface area contributed by atoms with Gasteiger partial charge >= 0.3 is 12.0 Å². The number of rotatable bonds is 6. The standard InChI is InChI=1S/C26H18Cl2N2O6/c1-35-25(33)17-7-5-15(6-8-17)14-36-19-4-2-3-16(11-19)12-20-23(31)29-26(34)30(24(20)32)18-9-10-21(27)22(28)13-18/h2-13H,14H2,1H3,(H,29,31,34). The highest BCUT2D eigenvalue weighted by atomic mass is 35.5. The summed E-state index contributed by atoms with van der Waals surface area (Å²) in [5, 5.41) is 2.57. The van der Waals surface area contributed by atoms with Crippen LogP contribution in [0.1, 0.15) is 21.5 Å². The molecule has 1 fully saturated rings. The molecule has 10 heteroatoms. The fraction of sp³-hybridized carbons (Fsp3) is 0.0769. The van der Waals surface area contributed by atoms with Gasteiger partial charge in [-0.25, -0.2) is 14.5 Å². The second kappa shape index (κ2) is 10.6. The van der Waals surface area contributed by atoms with Gasteiger partial charge in [-0.2, -0.15) is 0 Å². The van der Waals surface area contributed by atoms with E-state index in [0.717, 1.165) is 10.5 Å². The molecule has 3 aromatic carbocycles. The van der Waals surface area contributed by atoms with Gasteiger partial charge in [0.1, 0.15) is 17.9 Å². The first-order chi connectivity index (χ1) is 17.3. The number of ether oxygens (including phenoxy) is 2. The summed E-state index contributed by atoms with van der Waals surface area (Å²) in [6.07, 6.45) is 1.37. The molecule has 1 saturated heterocycles. The Balaban J connectivity index is 1.53. The van der Waals surface area contributed by atoms with Gasteiger partial charge in [0.2, 0.25) is 0 Å². The number of imide groups is 2. The lowest BCUT2D eigenvalue weighted by atomic mass is 10.1. The molecule has 182 valence electrons. The second-order valence-corrected chi connectivity index (χ2v) is 8.42. The molecule has 1 N–H and O–H groups in total. The molecule has 4 rings (SSSR count). The molecule has 1 heterocycles. The van der Waals surface area contributed by atoms with Crippen LogP contribution in [0.15, 0.2) is 72.3 Å². The number of halogens is 2. The van der Waals surface area contributed by atoms with Crippen LogP contribution in [0.25, 0.3) is 6.08 Å². The van der Waals surface area contributed by atoms with E-state index in [1.807, 2.05) is 0 Å². The van der Waals surface area contributed by atoms with Crippen LogP contribution in [0.2, 0.25) is 10.0 Å². The van der Waals surface area contributed by atoms with Gasteiger partial charge in [-0.05, 0) is 59.7 Å². The Bertz CT molecular complexity index is 1400. The molecule has 0 atom stereocenters. The molecule has 0 saturated carbocycles. The van der Waals surface area contributed by atoms with Crippen LogP contribution in [0.4, 0.5) is 10.5 Å². The molecule has 1 aliphatic heterocycles. The highest BCUT2D eigenvalue weighted by molar-refractivity contribution is 6.43. The molecule has 36 heavy (non-hydrogen) atoms. The van der Waals surface area contributed by atoms with Crippen molar-refractivity contribution in [2.75, 3.05) is 12.0 Å². The summed E-state index contributed by atoms with van der Waals surface area (Å²) in [4.78, 5) is 50.3. The number of hydrogen-bond donors (Lipinski definition) is 1. The molecule has 0 aromatic heterocycles. The summed E-state index contributed by atoms with van der Waals surface area (Å²) in [5.74, 6) is -1.57. The van der Waals surface area contributed by atoms with E-state index in [4.69, 9.17) is 27.9 Å². The maximum Gasteiger partial charge on any atom is 0.337 e. The third-order valence-electron chi connectivity index (χ3n) is 5.21. The molecule has 0 unspecified atom stereocenters. The van der Waals surface area contributed by atoms with Crippen molar-refractivity contribution in [3.8, 4) is 5.75 Å². The third kappa shape index (κ3) is 5.40. The minimum Gasteiger partial charge on any atom is -0.489 e. The smallest absolute Gasteiger partial charge is 0.337 e. The zero-order valence-electron chi connectivity index (χ0n) is 18.8. The Kier molecular flexibility index (Phi) is 7.38. The van der Waals surface area contributed by atoms with Crippen molar-refractivity contribution in [3.05, 3.63) is 99.0 Å². The number of esters is 1. The van der Waals surface area contributed by atoms with Crippen molar-refractivity contribution in [2.24, 2.45) is 0 Å². The number of carbonyl (C=O) groups is 4. The SMILES string of the molecule is COC(=O)c1ccc(COc2cccc(C=C3C(=O)NC(=O)N(c4ccc(Cl)c(Cl)c4)C3=O)c2)cc1. The van der Waals surface area contributed by atoms with Crippen LogP contribution in [0.5, 0.6) is 5.75 Å². The van der Waals surface area contributed by atoms with Crippen molar-refractivity contribution in [1.29, 1.82) is 0 Å². The number of anilines is 1. The molecule has 0 spiro atoms. The zero-order valence-corrected chi connectivity index (χ0v) is 20.3. The maximum absolute atomic E-state index is 13.1. The van der Waals surface area contributed by atoms with Crippen LogP contribution in [-0.4, -0.2) is 30.9 Å². The fourth-order valence-electron chi connectivity index (χ4n) is 3.40. The van der Waals surface area contributed by atoms with Gasteiger partial charge in [0.25, 0.3) is 11.8 Å². The van der Waals surface area contributed by atoms with Gasteiger partial charge in [-0.15, -0.1) is 0 Å². The third-order valence-corrected chi connectivity index (χ3v) is 5.95. The summed E-state index contributed by atoms with van der Waals surface area (Å²) in [6.45, 7) is 0.223. The number of methoxy groups -OCH3 is 1. The van der Waals surface area contributed by atoms with Gasteiger partial charge in [0.05, 0.1) is 28.4 Å². The zero-order chi connectivity index (χ0) is 25.8. The van der Waals surface area contributed by atoms with Crippen molar-refractivity contribution in [1.82, 2.24) is 5.32 Å². The van der Waals surface area contributed by atoms with Crippen LogP contribution in [-0.2, 0) is 20.9 Å². The summed E-state index contributed by atoms with van der Waals surface area (Å²) in [6, 6.07) is 16.9. The molecule has 0 aliphatic carbocycles. The van der Waals surface area contributed by atoms with Crippen molar-refractivity contribution in [3.63, 3.8) is 0 Å². The highest BCUT2D eigenvalue weighted by Gasteiger charge is 2.37. The van der Waals surface area contributed by atoms with Gasteiger partial charge in [-0.3, -0.25) is 14.9 Å². The van der Waals surface area contributed by atoms with Gasteiger partial charge in [-0.1, -0.05) is 47.5 Å². The lowest BCUT2D eigenvalue weighted by Crippen LogP contribution is -2.54. The molecule has 0 radical (unpaired) electrons. The first kappa shape index (κ1) is 25.0. The van der Waals surface area contributed by atoms with Gasteiger partial charge in [0, 0.05) is 0 Å². The number of hydrogen-bond acceptors (Lipinski definition) is 6. The molecular weight excluding hydrogens is 507 g/mol. The van der Waals surface area contributed by atoms with Crippen molar-refractivity contribution >= 4 is 58.8 Å². The van der Waals surface area contributed by atoms with Crippen LogP contribution in [0, 0.1) is 0 Å². The van der Waals surface area contributed by atoms with Crippen LogP contribution in [0.3, 0.4) is 0 Å². The topological polar surface area (TPSA) is 102 Å². The summed E-state index contributed by atoms with van der Waals surface area (Å²) >= 11 is 11.9. The number of nitrogens with zero attached hydrogens (tertiary/aromatic N) is 1. The fourth-order valence-corrected chi connectivity index (χ4v) is 3.69. The monoisotopic (exact) mass is 524 g/mol. The molecule has 4 amide bonds. The Morgan fingerprint density at radius 1 is 0.972 bits per heavy atom. The summed E-state index contributed by atoms with van der Waals surface area (Å²) in [7, 11) is 1.31. The molecule has 3 aromatic rings. The lowest BCUT2D eigenvalue weighted by Gasteiger charge is -2.26. The minimum atomic E-state index is -0.893. The van der Waals surface area contributed by atoms with E-state index in [9.17, 15) is 19.2 Å². The van der Waals surface area contributed by atoms with Gasteiger partial charge < -0.3 is 9.47 Å². The van der Waals surface area contributed by atoms with E-state index in [2.05, 4.69) is 10.1 Å². The lowest BCUT2D eigenvalue weighted by molar-refractivity contribution is -0.122. The molecule has 8 nitrogen and oxygen atoms in total. The van der Waals surface area contributed by atoms with E-state index in [1.54, 1.807) is 48.5 Å². The van der Waals surface area contributed by atoms with Crippen molar-refractivity contribution in [2.45, 2.75) is 6.61 Å². The molecular formula is C26H18Cl2N2O6. The van der Waals surface area contributed by atoms with E-state index in [1.165, 1.54) is 31.4 Å². The van der Waals surface area contributed by atoms with Crippen molar-refractivity contribution < 1.29 is 28.7 Å². The highest BCUT2D eigenvalue weighted by Crippen LogP contribution is 2.29. The predicted molar refractivity (Wildman–Crippen MR) is 134 cm³/mol. The number of barbiturate groups is 1. The van der Waals surface area contributed by atoms with E-state index in [0.29, 0.717) is 16.9 Å². The number of nitrogens with one attached hydrogen (secondary N) is 1. The van der Waals surface area contributed by atoms with E-state index in [-0.39, 0.29) is 27.9 Å². The number of benzene rings is 3. The normalized spacial score (nSPS) is 14.6. The first-order valence-electron chi connectivity index (χ1n) is 10.5. The Labute approximate surface area is 216 Å². The van der Waals surface area contributed by atoms with E-state index >= 15 is 0 Å². The first-order valence-corrected chi connectivity index (χ1v) is 11.3. The van der Waals surface area contributed by atoms with Crippen LogP contribution >= 0.6 is 23.2 Å². The maximum atomic E-state index is 13.1. The Hall–Kier alpha value is -4.14. The van der Waals surface area contributed by atoms with Gasteiger partial charge in [0.15, 0.2) is 0 Å². The molecule has 0 bridgehead atoms. The Morgan fingerprint density at radius 2 is 1.72 bits per heavy atom. The quantitative estimate of drug-likeness (QED) is 0.275. The molecule has 1 aliphatic rings. The largest absolute Gasteiger partial charge is 0.489 e. The summed E-state index contributed by atoms with van der Waals surface area (Å²) < 4.78 is 10.5. The Morgan fingerprint density at radius 3 is 2.42 bits per heavy atom. The number of carbonyl (C=O) groups excluding carboxylic acids is 4. The summed E-state index contributed by atoms with van der Waals surface area (Å²) in [5.41, 5.74) is 1.69.